The van der Waals surface area contributed by atoms with E-state index < -0.39 is 0 Å². The van der Waals surface area contributed by atoms with E-state index in [-0.39, 0.29) is 12.1 Å². The van der Waals surface area contributed by atoms with Crippen LogP contribution in [0.5, 0.6) is 0 Å². The van der Waals surface area contributed by atoms with Gasteiger partial charge < -0.3 is 10.0 Å². The van der Waals surface area contributed by atoms with Crippen molar-refractivity contribution in [3.8, 4) is 6.07 Å². The molecule has 1 fully saturated rings. The second-order valence-electron chi connectivity index (χ2n) is 5.79. The first-order valence-corrected chi connectivity index (χ1v) is 7.12. The molecule has 0 saturated carbocycles. The van der Waals surface area contributed by atoms with Gasteiger partial charge in [-0.2, -0.15) is 5.26 Å². The van der Waals surface area contributed by atoms with Gasteiger partial charge in [-0.25, -0.2) is 0 Å². The van der Waals surface area contributed by atoms with Gasteiger partial charge in [0.05, 0.1) is 18.6 Å². The molecule has 1 aliphatic rings. The van der Waals surface area contributed by atoms with Crippen LogP contribution in [0.3, 0.4) is 0 Å². The number of likely N-dealkylation sites (tertiary alicyclic amines) is 1. The van der Waals surface area contributed by atoms with Crippen LogP contribution in [0.15, 0.2) is 30.3 Å². The highest BCUT2D eigenvalue weighted by Crippen LogP contribution is 2.32. The Morgan fingerprint density at radius 3 is 2.70 bits per heavy atom. The number of hydrogen-bond acceptors (Lipinski definition) is 4. The molecule has 0 aliphatic carbocycles. The summed E-state index contributed by atoms with van der Waals surface area (Å²) in [7, 11) is 4.09. The third-order valence-corrected chi connectivity index (χ3v) is 3.88. The highest BCUT2D eigenvalue weighted by Gasteiger charge is 2.36. The number of hydrogen-bond donors (Lipinski definition) is 1. The molecular formula is C16H23N3O. The largest absolute Gasteiger partial charge is 0.392 e. The number of likely N-dealkylation sites (N-methyl/N-ethyl adjacent to an activating group) is 1. The highest BCUT2D eigenvalue weighted by atomic mass is 16.3. The number of β-amino-alcohol motifs (C(OH)–C–C–N with tert-alkyl or cyclic N) is 1. The van der Waals surface area contributed by atoms with E-state index in [4.69, 9.17) is 5.26 Å². The molecule has 0 bridgehead atoms. The van der Waals surface area contributed by atoms with Crippen molar-refractivity contribution in [2.45, 2.75) is 31.0 Å². The van der Waals surface area contributed by atoms with Gasteiger partial charge in [0.25, 0.3) is 0 Å². The maximum Gasteiger partial charge on any atom is 0.0682 e. The van der Waals surface area contributed by atoms with Crippen LogP contribution < -0.4 is 0 Å². The molecule has 20 heavy (non-hydrogen) atoms. The molecule has 0 radical (unpaired) electrons. The zero-order valence-corrected chi connectivity index (χ0v) is 12.2. The molecule has 1 heterocycles. The number of nitrogens with zero attached hydrogens (tertiary/aromatic N) is 3. The van der Waals surface area contributed by atoms with E-state index in [1.165, 1.54) is 0 Å². The Bertz CT molecular complexity index is 455. The summed E-state index contributed by atoms with van der Waals surface area (Å²) in [4.78, 5) is 4.44. The summed E-state index contributed by atoms with van der Waals surface area (Å²) in [6.45, 7) is 1.56. The lowest BCUT2D eigenvalue weighted by molar-refractivity contribution is 0.137. The van der Waals surface area contributed by atoms with Gasteiger partial charge in [0.1, 0.15) is 0 Å². The maximum atomic E-state index is 10.0. The van der Waals surface area contributed by atoms with Crippen molar-refractivity contribution in [3.05, 3.63) is 35.9 Å². The first-order chi connectivity index (χ1) is 9.61. The standard InChI is InChI=1S/C16H23N3O/c1-18(2)11-14-10-15(20)12-19(14)16(8-9-17)13-6-4-3-5-7-13/h3-7,14-16,20H,8,10-12H2,1-2H3. The number of aliphatic hydroxyl groups is 1. The second-order valence-corrected chi connectivity index (χ2v) is 5.79. The first kappa shape index (κ1) is 15.0. The molecule has 4 heteroatoms. The van der Waals surface area contributed by atoms with Crippen LogP contribution in [0.1, 0.15) is 24.4 Å². The van der Waals surface area contributed by atoms with Crippen LogP contribution in [-0.2, 0) is 0 Å². The summed E-state index contributed by atoms with van der Waals surface area (Å²) in [5.74, 6) is 0. The van der Waals surface area contributed by atoms with Gasteiger partial charge >= 0.3 is 0 Å². The SMILES string of the molecule is CN(C)CC1CC(O)CN1C(CC#N)c1ccccc1. The smallest absolute Gasteiger partial charge is 0.0682 e. The Kier molecular flexibility index (Phi) is 5.13. The lowest BCUT2D eigenvalue weighted by atomic mass is 10.0. The van der Waals surface area contributed by atoms with Crippen molar-refractivity contribution < 1.29 is 5.11 Å². The molecule has 3 atom stereocenters. The summed E-state index contributed by atoms with van der Waals surface area (Å²) in [6, 6.07) is 12.8. The van der Waals surface area contributed by atoms with Crippen molar-refractivity contribution >= 4 is 0 Å². The van der Waals surface area contributed by atoms with Crippen molar-refractivity contribution in [1.29, 1.82) is 5.26 Å². The molecule has 1 saturated heterocycles. The summed E-state index contributed by atoms with van der Waals surface area (Å²) in [5.41, 5.74) is 1.16. The minimum Gasteiger partial charge on any atom is -0.392 e. The predicted molar refractivity (Wildman–Crippen MR) is 79.1 cm³/mol. The topological polar surface area (TPSA) is 50.5 Å². The number of nitriles is 1. The molecule has 1 N–H and O–H groups in total. The molecule has 1 aromatic carbocycles. The van der Waals surface area contributed by atoms with Crippen LogP contribution >= 0.6 is 0 Å². The Balaban J connectivity index is 2.21. The maximum absolute atomic E-state index is 10.0. The molecule has 4 nitrogen and oxygen atoms in total. The van der Waals surface area contributed by atoms with Gasteiger partial charge in [-0.3, -0.25) is 4.90 Å². The Labute approximate surface area is 121 Å². The van der Waals surface area contributed by atoms with E-state index in [1.54, 1.807) is 0 Å². The molecule has 3 unspecified atom stereocenters. The molecule has 1 aliphatic heterocycles. The summed E-state index contributed by atoms with van der Waals surface area (Å²) in [6.07, 6.45) is 0.956. The molecule has 0 spiro atoms. The average molecular weight is 273 g/mol. The van der Waals surface area contributed by atoms with E-state index >= 15 is 0 Å². The van der Waals surface area contributed by atoms with Crippen molar-refractivity contribution in [2.24, 2.45) is 0 Å². The summed E-state index contributed by atoms with van der Waals surface area (Å²) < 4.78 is 0. The van der Waals surface area contributed by atoms with Crippen LogP contribution in [-0.4, -0.2) is 54.2 Å². The molecule has 0 amide bonds. The van der Waals surface area contributed by atoms with E-state index in [9.17, 15) is 5.11 Å². The van der Waals surface area contributed by atoms with E-state index in [1.807, 2.05) is 32.3 Å². The second kappa shape index (κ2) is 6.85. The van der Waals surface area contributed by atoms with Gasteiger partial charge in [-0.05, 0) is 26.1 Å². The summed E-state index contributed by atoms with van der Waals surface area (Å²) >= 11 is 0. The Hall–Kier alpha value is -1.41. The van der Waals surface area contributed by atoms with Crippen molar-refractivity contribution in [1.82, 2.24) is 9.80 Å². The number of rotatable bonds is 5. The van der Waals surface area contributed by atoms with Crippen molar-refractivity contribution in [2.75, 3.05) is 27.2 Å². The van der Waals surface area contributed by atoms with Crippen LogP contribution in [0.25, 0.3) is 0 Å². The minimum atomic E-state index is -0.287. The fraction of sp³-hybridized carbons (Fsp3) is 0.562. The zero-order valence-electron chi connectivity index (χ0n) is 12.2. The van der Waals surface area contributed by atoms with Crippen molar-refractivity contribution in [3.63, 3.8) is 0 Å². The third-order valence-electron chi connectivity index (χ3n) is 3.88. The molecule has 108 valence electrons. The lowest BCUT2D eigenvalue weighted by Crippen LogP contribution is -2.39. The zero-order chi connectivity index (χ0) is 14.5. The van der Waals surface area contributed by atoms with Gasteiger partial charge in [-0.1, -0.05) is 30.3 Å². The summed E-state index contributed by atoms with van der Waals surface area (Å²) in [5, 5.41) is 19.1. The first-order valence-electron chi connectivity index (χ1n) is 7.12. The number of aliphatic hydroxyl groups excluding tert-OH is 1. The molecule has 0 aromatic heterocycles. The van der Waals surface area contributed by atoms with Crippen LogP contribution in [0.4, 0.5) is 0 Å². The molecular weight excluding hydrogens is 250 g/mol. The lowest BCUT2D eigenvalue weighted by Gasteiger charge is -2.33. The Morgan fingerprint density at radius 2 is 2.10 bits per heavy atom. The quantitative estimate of drug-likeness (QED) is 0.886. The van der Waals surface area contributed by atoms with Gasteiger partial charge in [0.2, 0.25) is 0 Å². The predicted octanol–water partition coefficient (Wildman–Crippen LogP) is 1.64. The monoisotopic (exact) mass is 273 g/mol. The van der Waals surface area contributed by atoms with E-state index in [2.05, 4.69) is 28.0 Å². The van der Waals surface area contributed by atoms with Gasteiger partial charge in [0, 0.05) is 25.2 Å². The van der Waals surface area contributed by atoms with Gasteiger partial charge in [0.15, 0.2) is 0 Å². The van der Waals surface area contributed by atoms with Gasteiger partial charge in [-0.15, -0.1) is 0 Å². The van der Waals surface area contributed by atoms with E-state index in [0.717, 1.165) is 18.5 Å². The third kappa shape index (κ3) is 3.57. The Morgan fingerprint density at radius 1 is 1.40 bits per heavy atom. The highest BCUT2D eigenvalue weighted by molar-refractivity contribution is 5.21. The minimum absolute atomic E-state index is 0.0725. The fourth-order valence-corrected chi connectivity index (χ4v) is 3.09. The van der Waals surface area contributed by atoms with E-state index in [0.29, 0.717) is 19.0 Å². The molecule has 2 rings (SSSR count). The number of benzene rings is 1. The average Bonchev–Trinajstić information content (AvgIpc) is 2.76. The molecule has 1 aromatic rings. The van der Waals surface area contributed by atoms with Crippen LogP contribution in [0, 0.1) is 11.3 Å². The van der Waals surface area contributed by atoms with Crippen LogP contribution in [0.2, 0.25) is 0 Å². The normalized spacial score (nSPS) is 24.8. The fourth-order valence-electron chi connectivity index (χ4n) is 3.09.